The van der Waals surface area contributed by atoms with Gasteiger partial charge in [0.1, 0.15) is 23.4 Å². The van der Waals surface area contributed by atoms with E-state index in [1.165, 1.54) is 12.1 Å². The summed E-state index contributed by atoms with van der Waals surface area (Å²) in [4.78, 5) is 42.1. The molecule has 0 fully saturated rings. The number of carbonyl (C=O) groups excluding carboxylic acids is 3. The average Bonchev–Trinajstić information content (AvgIpc) is 2.81. The lowest BCUT2D eigenvalue weighted by Crippen LogP contribution is -2.55. The summed E-state index contributed by atoms with van der Waals surface area (Å²) >= 11 is 0. The molecule has 0 heterocycles. The van der Waals surface area contributed by atoms with Crippen LogP contribution >= 0.6 is 0 Å². The third-order valence-corrected chi connectivity index (χ3v) is 6.27. The molecule has 8 nitrogen and oxygen atoms in total. The van der Waals surface area contributed by atoms with Gasteiger partial charge in [-0.25, -0.2) is 4.79 Å². The molecule has 3 amide bonds. The number of nitrogens with one attached hydrogen (secondary N) is 2. The van der Waals surface area contributed by atoms with Crippen molar-refractivity contribution in [3.05, 3.63) is 29.8 Å². The Hall–Kier alpha value is -2.77. The molecule has 0 saturated heterocycles. The fourth-order valence-corrected chi connectivity index (χ4v) is 4.34. The number of rotatable bonds is 15. The predicted octanol–water partition coefficient (Wildman–Crippen LogP) is 6.09. The summed E-state index contributed by atoms with van der Waals surface area (Å²) in [6.45, 7) is 15.5. The highest BCUT2D eigenvalue weighted by molar-refractivity contribution is 5.92. The second-order valence-electron chi connectivity index (χ2n) is 11.5. The fraction of sp³-hybridized carbons (Fsp3) is 0.700. The number of hydrogen-bond donors (Lipinski definition) is 3. The van der Waals surface area contributed by atoms with Gasteiger partial charge in [0.15, 0.2) is 0 Å². The first-order valence-electron chi connectivity index (χ1n) is 14.2. The van der Waals surface area contributed by atoms with Crippen molar-refractivity contribution >= 4 is 17.9 Å². The normalized spacial score (nSPS) is 13.9. The van der Waals surface area contributed by atoms with Gasteiger partial charge in [0, 0.05) is 12.6 Å². The zero-order valence-electron chi connectivity index (χ0n) is 24.8. The Morgan fingerprint density at radius 1 is 0.921 bits per heavy atom. The summed E-state index contributed by atoms with van der Waals surface area (Å²) in [6.07, 6.45) is 5.98. The summed E-state index contributed by atoms with van der Waals surface area (Å²) < 4.78 is 5.43. The maximum Gasteiger partial charge on any atom is 0.408 e. The molecule has 8 heteroatoms. The number of carbonyl (C=O) groups is 3. The molecule has 0 aliphatic rings. The third kappa shape index (κ3) is 11.7. The minimum Gasteiger partial charge on any atom is -0.508 e. The second kappa shape index (κ2) is 16.2. The Kier molecular flexibility index (Phi) is 14.2. The number of hydrogen-bond acceptors (Lipinski definition) is 5. The van der Waals surface area contributed by atoms with Crippen molar-refractivity contribution in [1.82, 2.24) is 15.5 Å². The Morgan fingerprint density at radius 3 is 2.05 bits per heavy atom. The first-order chi connectivity index (χ1) is 17.8. The first-order valence-corrected chi connectivity index (χ1v) is 14.2. The van der Waals surface area contributed by atoms with Crippen LogP contribution in [-0.2, 0) is 14.3 Å². The van der Waals surface area contributed by atoms with Gasteiger partial charge < -0.3 is 25.4 Å². The number of aromatic hydroxyl groups is 1. The van der Waals surface area contributed by atoms with Crippen molar-refractivity contribution in [2.75, 3.05) is 6.54 Å². The van der Waals surface area contributed by atoms with Gasteiger partial charge in [0.05, 0.1) is 0 Å². The summed E-state index contributed by atoms with van der Waals surface area (Å²) in [5.41, 5.74) is -0.108. The van der Waals surface area contributed by atoms with Crippen LogP contribution in [0.3, 0.4) is 0 Å². The lowest BCUT2D eigenvalue weighted by Gasteiger charge is -2.36. The SMILES string of the molecule is CCCCCCCN(C(=O)C(NC(=O)OC(C)(C)C)C(C)C)C(C(=O)NC(C)CCC)c1ccc(O)cc1. The molecule has 0 radical (unpaired) electrons. The van der Waals surface area contributed by atoms with E-state index in [0.717, 1.165) is 44.9 Å². The fourth-order valence-electron chi connectivity index (χ4n) is 4.34. The zero-order chi connectivity index (χ0) is 28.9. The summed E-state index contributed by atoms with van der Waals surface area (Å²) in [7, 11) is 0. The largest absolute Gasteiger partial charge is 0.508 e. The Bertz CT molecular complexity index is 864. The van der Waals surface area contributed by atoms with Crippen LogP contribution in [0.1, 0.15) is 112 Å². The third-order valence-electron chi connectivity index (χ3n) is 6.27. The lowest BCUT2D eigenvalue weighted by atomic mass is 9.98. The summed E-state index contributed by atoms with van der Waals surface area (Å²) in [6, 6.07) is 4.55. The summed E-state index contributed by atoms with van der Waals surface area (Å²) in [5, 5.41) is 15.7. The van der Waals surface area contributed by atoms with E-state index < -0.39 is 23.8 Å². The van der Waals surface area contributed by atoms with Gasteiger partial charge >= 0.3 is 6.09 Å². The number of ether oxygens (including phenoxy) is 1. The lowest BCUT2D eigenvalue weighted by molar-refractivity contribution is -0.143. The smallest absolute Gasteiger partial charge is 0.408 e. The van der Waals surface area contributed by atoms with Gasteiger partial charge in [-0.05, 0) is 64.2 Å². The number of unbranched alkanes of at least 4 members (excludes halogenated alkanes) is 4. The first kappa shape index (κ1) is 33.3. The molecule has 1 aromatic carbocycles. The highest BCUT2D eigenvalue weighted by Gasteiger charge is 2.37. The monoisotopic (exact) mass is 533 g/mol. The molecule has 1 rings (SSSR count). The molecule has 0 saturated carbocycles. The topological polar surface area (TPSA) is 108 Å². The van der Waals surface area contributed by atoms with E-state index in [1.807, 2.05) is 20.8 Å². The average molecular weight is 534 g/mol. The van der Waals surface area contributed by atoms with Crippen LogP contribution in [0, 0.1) is 5.92 Å². The molecule has 3 N–H and O–H groups in total. The van der Waals surface area contributed by atoms with E-state index in [0.29, 0.717) is 12.1 Å². The van der Waals surface area contributed by atoms with Gasteiger partial charge in [-0.3, -0.25) is 9.59 Å². The number of phenolic OH excluding ortho intramolecular Hbond substituents is 1. The van der Waals surface area contributed by atoms with E-state index in [2.05, 4.69) is 24.5 Å². The van der Waals surface area contributed by atoms with Crippen molar-refractivity contribution in [2.45, 2.75) is 124 Å². The van der Waals surface area contributed by atoms with Crippen molar-refractivity contribution in [1.29, 1.82) is 0 Å². The maximum absolute atomic E-state index is 14.1. The van der Waals surface area contributed by atoms with Gasteiger partial charge in [-0.15, -0.1) is 0 Å². The number of benzene rings is 1. The number of amides is 3. The Balaban J connectivity index is 3.43. The number of nitrogens with zero attached hydrogens (tertiary/aromatic N) is 1. The molecule has 0 aromatic heterocycles. The number of alkyl carbamates (subject to hydrolysis) is 1. The van der Waals surface area contributed by atoms with E-state index in [4.69, 9.17) is 4.74 Å². The second-order valence-corrected chi connectivity index (χ2v) is 11.5. The van der Waals surface area contributed by atoms with Crippen LogP contribution in [0.4, 0.5) is 4.79 Å². The molecule has 0 aliphatic carbocycles. The van der Waals surface area contributed by atoms with Crippen molar-refractivity contribution < 1.29 is 24.2 Å². The molecule has 0 bridgehead atoms. The number of phenols is 1. The van der Waals surface area contributed by atoms with Crippen LogP contribution in [0.5, 0.6) is 5.75 Å². The molecule has 3 unspecified atom stereocenters. The van der Waals surface area contributed by atoms with E-state index in [1.54, 1.807) is 37.8 Å². The minimum atomic E-state index is -0.907. The van der Waals surface area contributed by atoms with E-state index in [-0.39, 0.29) is 29.5 Å². The standard InChI is InChI=1S/C30H51N3O5/c1-9-11-12-13-14-20-33(28(36)25(21(3)4)32-29(37)38-30(6,7)8)26(23-16-18-24(34)19-17-23)27(35)31-22(5)15-10-2/h16-19,21-22,25-26,34H,9-15,20H2,1-8H3,(H,31,35)(H,32,37). The molecule has 38 heavy (non-hydrogen) atoms. The Morgan fingerprint density at radius 2 is 1.53 bits per heavy atom. The maximum atomic E-state index is 14.1. The summed E-state index contributed by atoms with van der Waals surface area (Å²) in [5.74, 6) is -0.771. The van der Waals surface area contributed by atoms with Crippen molar-refractivity contribution in [3.8, 4) is 5.75 Å². The van der Waals surface area contributed by atoms with E-state index in [9.17, 15) is 19.5 Å². The van der Waals surface area contributed by atoms with Crippen LogP contribution in [0.2, 0.25) is 0 Å². The van der Waals surface area contributed by atoms with Gasteiger partial charge in [0.2, 0.25) is 11.8 Å². The highest BCUT2D eigenvalue weighted by Crippen LogP contribution is 2.26. The van der Waals surface area contributed by atoms with E-state index >= 15 is 0 Å². The molecule has 0 spiro atoms. The molecule has 1 aromatic rings. The van der Waals surface area contributed by atoms with Crippen LogP contribution in [-0.4, -0.2) is 52.1 Å². The van der Waals surface area contributed by atoms with Crippen molar-refractivity contribution in [2.24, 2.45) is 5.92 Å². The zero-order valence-corrected chi connectivity index (χ0v) is 24.8. The molecule has 0 aliphatic heterocycles. The van der Waals surface area contributed by atoms with Crippen LogP contribution < -0.4 is 10.6 Å². The molecule has 216 valence electrons. The predicted molar refractivity (Wildman–Crippen MR) is 152 cm³/mol. The molecular weight excluding hydrogens is 482 g/mol. The van der Waals surface area contributed by atoms with Gasteiger partial charge in [-0.1, -0.05) is 71.9 Å². The quantitative estimate of drug-likeness (QED) is 0.237. The van der Waals surface area contributed by atoms with Gasteiger partial charge in [-0.2, -0.15) is 0 Å². The highest BCUT2D eigenvalue weighted by atomic mass is 16.6. The Labute approximate surface area is 229 Å². The van der Waals surface area contributed by atoms with Crippen LogP contribution in [0.25, 0.3) is 0 Å². The molecular formula is C30H51N3O5. The van der Waals surface area contributed by atoms with Crippen molar-refractivity contribution in [3.63, 3.8) is 0 Å². The van der Waals surface area contributed by atoms with Crippen LogP contribution in [0.15, 0.2) is 24.3 Å². The minimum absolute atomic E-state index is 0.0607. The van der Waals surface area contributed by atoms with Gasteiger partial charge in [0.25, 0.3) is 0 Å². The molecule has 3 atom stereocenters.